The predicted octanol–water partition coefficient (Wildman–Crippen LogP) is 2.34. The fourth-order valence-electron chi connectivity index (χ4n) is 2.64. The van der Waals surface area contributed by atoms with Crippen molar-refractivity contribution in [2.24, 2.45) is 5.41 Å². The van der Waals surface area contributed by atoms with Gasteiger partial charge in [-0.25, -0.2) is 0 Å². The van der Waals surface area contributed by atoms with Crippen molar-refractivity contribution in [2.75, 3.05) is 0 Å². The van der Waals surface area contributed by atoms with Gasteiger partial charge in [0.25, 0.3) is 0 Å². The second kappa shape index (κ2) is 5.88. The summed E-state index contributed by atoms with van der Waals surface area (Å²) in [6, 6.07) is 9.34. The van der Waals surface area contributed by atoms with Crippen molar-refractivity contribution in [3.8, 4) is 0 Å². The molecule has 114 valence electrons. The molecule has 1 N–H and O–H groups in total. The Morgan fingerprint density at radius 3 is 2.38 bits per heavy atom. The molecule has 1 aliphatic rings. The Bertz CT molecular complexity index is 519. The van der Waals surface area contributed by atoms with Gasteiger partial charge in [0.1, 0.15) is 6.04 Å². The van der Waals surface area contributed by atoms with Gasteiger partial charge in [0.15, 0.2) is 0 Å². The second-order valence-electron chi connectivity index (χ2n) is 6.87. The van der Waals surface area contributed by atoms with Crippen LogP contribution in [0.3, 0.4) is 0 Å². The molecule has 2 rings (SSSR count). The molecule has 1 heterocycles. The number of nitrogens with one attached hydrogen (secondary N) is 1. The Balaban J connectivity index is 2.28. The van der Waals surface area contributed by atoms with Crippen molar-refractivity contribution in [3.05, 3.63) is 35.9 Å². The van der Waals surface area contributed by atoms with Crippen LogP contribution in [0.1, 0.15) is 39.7 Å². The Labute approximate surface area is 126 Å². The zero-order valence-electron chi connectivity index (χ0n) is 13.2. The van der Waals surface area contributed by atoms with Crippen LogP contribution in [0, 0.1) is 5.41 Å². The molecule has 1 fully saturated rings. The van der Waals surface area contributed by atoms with Gasteiger partial charge in [-0.2, -0.15) is 0 Å². The molecule has 1 aromatic rings. The van der Waals surface area contributed by atoms with Gasteiger partial charge in [-0.1, -0.05) is 51.1 Å². The summed E-state index contributed by atoms with van der Waals surface area (Å²) in [5, 5.41) is 2.88. The minimum absolute atomic E-state index is 0.00435. The number of amides is 2. The zero-order valence-corrected chi connectivity index (χ0v) is 13.2. The third kappa shape index (κ3) is 3.63. The van der Waals surface area contributed by atoms with E-state index in [2.05, 4.69) is 5.32 Å². The number of carbonyl (C=O) groups excluding carboxylic acids is 2. The van der Waals surface area contributed by atoms with Crippen molar-refractivity contribution in [1.82, 2.24) is 10.2 Å². The van der Waals surface area contributed by atoms with Crippen molar-refractivity contribution in [1.29, 1.82) is 0 Å². The third-order valence-electron chi connectivity index (χ3n) is 3.91. The summed E-state index contributed by atoms with van der Waals surface area (Å²) < 4.78 is 0. The Morgan fingerprint density at radius 2 is 1.81 bits per heavy atom. The highest BCUT2D eigenvalue weighted by Crippen LogP contribution is 2.25. The number of nitrogens with zero attached hydrogens (tertiary/aromatic N) is 1. The first-order valence-electron chi connectivity index (χ1n) is 7.43. The van der Waals surface area contributed by atoms with E-state index in [1.54, 1.807) is 0 Å². The third-order valence-corrected chi connectivity index (χ3v) is 3.91. The van der Waals surface area contributed by atoms with Crippen LogP contribution >= 0.6 is 0 Å². The van der Waals surface area contributed by atoms with Crippen LogP contribution in [-0.2, 0) is 16.1 Å². The number of hydrogen-bond acceptors (Lipinski definition) is 2. The molecule has 0 bridgehead atoms. The van der Waals surface area contributed by atoms with Crippen LogP contribution in [0.25, 0.3) is 0 Å². The maximum Gasteiger partial charge on any atom is 0.246 e. The smallest absolute Gasteiger partial charge is 0.246 e. The molecule has 0 saturated carbocycles. The highest BCUT2D eigenvalue weighted by atomic mass is 16.2. The largest absolute Gasteiger partial charge is 0.344 e. The van der Waals surface area contributed by atoms with E-state index in [0.29, 0.717) is 13.0 Å². The topological polar surface area (TPSA) is 49.4 Å². The minimum atomic E-state index is -0.473. The van der Waals surface area contributed by atoms with E-state index in [4.69, 9.17) is 0 Å². The van der Waals surface area contributed by atoms with Gasteiger partial charge in [0.05, 0.1) is 0 Å². The molecule has 0 radical (unpaired) electrons. The number of carbonyl (C=O) groups is 2. The van der Waals surface area contributed by atoms with Crippen molar-refractivity contribution in [3.63, 3.8) is 0 Å². The van der Waals surface area contributed by atoms with Crippen molar-refractivity contribution < 1.29 is 9.59 Å². The predicted molar refractivity (Wildman–Crippen MR) is 82.5 cm³/mol. The highest BCUT2D eigenvalue weighted by Gasteiger charge is 2.40. The van der Waals surface area contributed by atoms with Gasteiger partial charge in [0.2, 0.25) is 11.8 Å². The van der Waals surface area contributed by atoms with E-state index in [0.717, 1.165) is 5.56 Å². The lowest BCUT2D eigenvalue weighted by molar-refractivity contribution is -0.138. The fraction of sp³-hybridized carbons (Fsp3) is 0.529. The summed E-state index contributed by atoms with van der Waals surface area (Å²) in [5.41, 5.74) is 0.783. The van der Waals surface area contributed by atoms with E-state index < -0.39 is 6.04 Å². The van der Waals surface area contributed by atoms with Gasteiger partial charge >= 0.3 is 0 Å². The van der Waals surface area contributed by atoms with Gasteiger partial charge in [-0.15, -0.1) is 0 Å². The number of benzene rings is 1. The van der Waals surface area contributed by atoms with E-state index in [-0.39, 0.29) is 23.3 Å². The van der Waals surface area contributed by atoms with Crippen molar-refractivity contribution >= 4 is 11.8 Å². The zero-order chi connectivity index (χ0) is 15.6. The molecular formula is C17H24N2O2. The lowest BCUT2D eigenvalue weighted by Gasteiger charge is -2.34. The Hall–Kier alpha value is -1.84. The van der Waals surface area contributed by atoms with Crippen LogP contribution in [-0.4, -0.2) is 28.8 Å². The summed E-state index contributed by atoms with van der Waals surface area (Å²) in [5.74, 6) is -0.0453. The highest BCUT2D eigenvalue weighted by molar-refractivity contribution is 5.91. The molecule has 1 aromatic carbocycles. The molecule has 4 nitrogen and oxygen atoms in total. The number of hydrogen-bond donors (Lipinski definition) is 1. The lowest BCUT2D eigenvalue weighted by atomic mass is 9.86. The molecule has 0 spiro atoms. The molecule has 21 heavy (non-hydrogen) atoms. The molecule has 4 heteroatoms. The first-order chi connectivity index (χ1) is 9.79. The quantitative estimate of drug-likeness (QED) is 0.908. The Kier molecular flexibility index (Phi) is 4.35. The molecular weight excluding hydrogens is 264 g/mol. The first-order valence-corrected chi connectivity index (χ1v) is 7.43. The summed E-state index contributed by atoms with van der Waals surface area (Å²) in [6.07, 6.45) is 0.352. The monoisotopic (exact) mass is 288 g/mol. The van der Waals surface area contributed by atoms with E-state index in [9.17, 15) is 9.59 Å². The van der Waals surface area contributed by atoms with Crippen LogP contribution in [0.5, 0.6) is 0 Å². The van der Waals surface area contributed by atoms with Gasteiger partial charge in [-0.05, 0) is 17.9 Å². The van der Waals surface area contributed by atoms with Crippen molar-refractivity contribution in [2.45, 2.75) is 52.7 Å². The van der Waals surface area contributed by atoms with Gasteiger partial charge < -0.3 is 10.2 Å². The molecule has 2 unspecified atom stereocenters. The normalized spacial score (nSPS) is 23.7. The molecule has 1 aliphatic heterocycles. The summed E-state index contributed by atoms with van der Waals surface area (Å²) >= 11 is 0. The average Bonchev–Trinajstić information content (AvgIpc) is 2.50. The van der Waals surface area contributed by atoms with Gasteiger partial charge in [0, 0.05) is 19.0 Å². The molecule has 1 saturated heterocycles. The maximum absolute atomic E-state index is 12.9. The van der Waals surface area contributed by atoms with E-state index in [1.165, 1.54) is 0 Å². The first kappa shape index (κ1) is 15.5. The summed E-state index contributed by atoms with van der Waals surface area (Å²) in [4.78, 5) is 26.7. The van der Waals surface area contributed by atoms with Crippen LogP contribution in [0.15, 0.2) is 30.3 Å². The van der Waals surface area contributed by atoms with E-state index in [1.807, 2.05) is 62.9 Å². The number of rotatable bonds is 2. The fourth-order valence-corrected chi connectivity index (χ4v) is 2.64. The standard InChI is InChI=1S/C17H24N2O2/c1-12-10-14(20)18-15(17(2,3)4)16(21)19(12)11-13-8-6-5-7-9-13/h5-9,12,15H,10-11H2,1-4H3,(H,18,20). The van der Waals surface area contributed by atoms with Crippen LogP contribution in [0.4, 0.5) is 0 Å². The molecule has 2 amide bonds. The van der Waals surface area contributed by atoms with E-state index >= 15 is 0 Å². The van der Waals surface area contributed by atoms with Gasteiger partial charge in [-0.3, -0.25) is 9.59 Å². The Morgan fingerprint density at radius 1 is 1.19 bits per heavy atom. The second-order valence-corrected chi connectivity index (χ2v) is 6.87. The molecule has 2 atom stereocenters. The maximum atomic E-state index is 12.9. The van der Waals surface area contributed by atoms with Crippen LogP contribution in [0.2, 0.25) is 0 Å². The lowest BCUT2D eigenvalue weighted by Crippen LogP contribution is -2.52. The summed E-state index contributed by atoms with van der Waals surface area (Å²) in [6.45, 7) is 8.42. The molecule has 0 aliphatic carbocycles. The summed E-state index contributed by atoms with van der Waals surface area (Å²) in [7, 11) is 0. The average molecular weight is 288 g/mol. The molecule has 0 aromatic heterocycles. The van der Waals surface area contributed by atoms with Crippen LogP contribution < -0.4 is 5.32 Å². The SMILES string of the molecule is CC1CC(=O)NC(C(C)(C)C)C(=O)N1Cc1ccccc1. The minimum Gasteiger partial charge on any atom is -0.344 e.